The Labute approximate surface area is 121 Å². The summed E-state index contributed by atoms with van der Waals surface area (Å²) >= 11 is 6.07. The van der Waals surface area contributed by atoms with Crippen LogP contribution in [0.1, 0.15) is 18.9 Å². The van der Waals surface area contributed by atoms with Gasteiger partial charge in [-0.2, -0.15) is 5.10 Å². The van der Waals surface area contributed by atoms with Crippen molar-refractivity contribution in [2.45, 2.75) is 13.3 Å². The van der Waals surface area contributed by atoms with Crippen molar-refractivity contribution in [3.63, 3.8) is 0 Å². The van der Waals surface area contributed by atoms with Crippen molar-refractivity contribution in [2.75, 3.05) is 6.54 Å². The normalized spacial score (nSPS) is 17.3. The van der Waals surface area contributed by atoms with Gasteiger partial charge in [0.05, 0.1) is 12.1 Å². The molecule has 104 valence electrons. The van der Waals surface area contributed by atoms with Gasteiger partial charge in [-0.15, -0.1) is 0 Å². The van der Waals surface area contributed by atoms with Crippen molar-refractivity contribution in [1.82, 2.24) is 5.01 Å². The molecule has 0 saturated heterocycles. The monoisotopic (exact) mass is 292 g/mol. The number of nitrogens with zero attached hydrogens (tertiary/aromatic N) is 2. The standard InChI is InChI=1S/C14H13ClN2O3/c1-9-11(6-10-4-2-3-5-12(10)15)7-13(18)17(16-9)8-14(19)20/h2-6H,7-8H2,1H3,(H,19,20)/b11-6+. The lowest BCUT2D eigenvalue weighted by atomic mass is 10.0. The van der Waals surface area contributed by atoms with Gasteiger partial charge < -0.3 is 5.11 Å². The number of benzene rings is 1. The summed E-state index contributed by atoms with van der Waals surface area (Å²) in [5.41, 5.74) is 2.16. The molecule has 1 heterocycles. The van der Waals surface area contributed by atoms with Gasteiger partial charge in [-0.25, -0.2) is 5.01 Å². The highest BCUT2D eigenvalue weighted by Crippen LogP contribution is 2.22. The largest absolute Gasteiger partial charge is 0.480 e. The van der Waals surface area contributed by atoms with Gasteiger partial charge in [0, 0.05) is 5.02 Å². The van der Waals surface area contributed by atoms with Crippen molar-refractivity contribution in [3.8, 4) is 0 Å². The Morgan fingerprint density at radius 2 is 2.20 bits per heavy atom. The lowest BCUT2D eigenvalue weighted by molar-refractivity contribution is -0.144. The average molecular weight is 293 g/mol. The first-order valence-electron chi connectivity index (χ1n) is 6.00. The van der Waals surface area contributed by atoms with E-state index >= 15 is 0 Å². The summed E-state index contributed by atoms with van der Waals surface area (Å²) in [5.74, 6) is -1.43. The van der Waals surface area contributed by atoms with Gasteiger partial charge in [0.15, 0.2) is 0 Å². The van der Waals surface area contributed by atoms with Gasteiger partial charge in [-0.3, -0.25) is 9.59 Å². The maximum absolute atomic E-state index is 11.8. The first-order valence-corrected chi connectivity index (χ1v) is 6.38. The van der Waals surface area contributed by atoms with Crippen LogP contribution in [0.3, 0.4) is 0 Å². The molecular formula is C14H13ClN2O3. The molecule has 1 N–H and O–H groups in total. The number of carbonyl (C=O) groups is 2. The average Bonchev–Trinajstić information content (AvgIpc) is 2.37. The van der Waals surface area contributed by atoms with Crippen LogP contribution in [0.2, 0.25) is 5.02 Å². The van der Waals surface area contributed by atoms with Crippen LogP contribution in [-0.4, -0.2) is 34.2 Å². The fraction of sp³-hybridized carbons (Fsp3) is 0.214. The first-order chi connectivity index (χ1) is 9.47. The molecule has 0 atom stereocenters. The van der Waals surface area contributed by atoms with Crippen LogP contribution in [0.15, 0.2) is 34.9 Å². The molecule has 6 heteroatoms. The molecule has 1 aromatic rings. The summed E-state index contributed by atoms with van der Waals surface area (Å²) in [6.07, 6.45) is 1.92. The molecule has 1 aliphatic rings. The van der Waals surface area contributed by atoms with Gasteiger partial charge in [0.25, 0.3) is 0 Å². The third-order valence-corrected chi connectivity index (χ3v) is 3.23. The van der Waals surface area contributed by atoms with Crippen molar-refractivity contribution in [1.29, 1.82) is 0 Å². The number of hydrazone groups is 1. The van der Waals surface area contributed by atoms with Crippen LogP contribution in [0.5, 0.6) is 0 Å². The van der Waals surface area contributed by atoms with Gasteiger partial charge in [-0.1, -0.05) is 29.8 Å². The Morgan fingerprint density at radius 1 is 1.50 bits per heavy atom. The highest BCUT2D eigenvalue weighted by atomic mass is 35.5. The first kappa shape index (κ1) is 14.3. The number of hydrogen-bond acceptors (Lipinski definition) is 3. The fourth-order valence-corrected chi connectivity index (χ4v) is 2.06. The highest BCUT2D eigenvalue weighted by Gasteiger charge is 2.24. The molecule has 20 heavy (non-hydrogen) atoms. The van der Waals surface area contributed by atoms with E-state index in [9.17, 15) is 9.59 Å². The van der Waals surface area contributed by atoms with E-state index in [0.29, 0.717) is 10.7 Å². The number of hydrogen-bond donors (Lipinski definition) is 1. The molecule has 0 fully saturated rings. The number of rotatable bonds is 3. The molecule has 0 bridgehead atoms. The van der Waals surface area contributed by atoms with E-state index in [-0.39, 0.29) is 12.3 Å². The van der Waals surface area contributed by atoms with Gasteiger partial charge in [-0.05, 0) is 30.2 Å². The summed E-state index contributed by atoms with van der Waals surface area (Å²) in [6, 6.07) is 7.29. The van der Waals surface area contributed by atoms with Crippen molar-refractivity contribution in [2.24, 2.45) is 5.10 Å². The highest BCUT2D eigenvalue weighted by molar-refractivity contribution is 6.32. The van der Waals surface area contributed by atoms with Crippen molar-refractivity contribution in [3.05, 3.63) is 40.4 Å². The Morgan fingerprint density at radius 3 is 2.85 bits per heavy atom. The number of aliphatic carboxylic acids is 1. The molecule has 1 aliphatic heterocycles. The van der Waals surface area contributed by atoms with Crippen LogP contribution < -0.4 is 0 Å². The molecule has 2 rings (SSSR count). The van der Waals surface area contributed by atoms with Crippen LogP contribution >= 0.6 is 11.6 Å². The summed E-state index contributed by atoms with van der Waals surface area (Å²) in [7, 11) is 0. The van der Waals surface area contributed by atoms with E-state index in [1.165, 1.54) is 0 Å². The molecule has 1 amide bonds. The van der Waals surface area contributed by atoms with E-state index in [2.05, 4.69) is 5.10 Å². The predicted octanol–water partition coefficient (Wildman–Crippen LogP) is 2.42. The smallest absolute Gasteiger partial charge is 0.325 e. The van der Waals surface area contributed by atoms with E-state index in [1.807, 2.05) is 18.2 Å². The minimum absolute atomic E-state index is 0.119. The lowest BCUT2D eigenvalue weighted by Gasteiger charge is -2.22. The Hall–Kier alpha value is -2.14. The number of halogens is 1. The van der Waals surface area contributed by atoms with Gasteiger partial charge >= 0.3 is 5.97 Å². The Kier molecular flexibility index (Phi) is 4.20. The molecule has 1 aromatic carbocycles. The second kappa shape index (κ2) is 5.88. The minimum Gasteiger partial charge on any atom is -0.480 e. The molecule has 0 aliphatic carbocycles. The zero-order chi connectivity index (χ0) is 14.7. The molecule has 0 aromatic heterocycles. The minimum atomic E-state index is -1.09. The lowest BCUT2D eigenvalue weighted by Crippen LogP contribution is -2.35. The van der Waals surface area contributed by atoms with Crippen LogP contribution in [0, 0.1) is 0 Å². The van der Waals surface area contributed by atoms with E-state index < -0.39 is 12.5 Å². The molecule has 0 radical (unpaired) electrons. The van der Waals surface area contributed by atoms with Crippen LogP contribution in [0.25, 0.3) is 6.08 Å². The van der Waals surface area contributed by atoms with Gasteiger partial charge in [0.2, 0.25) is 5.91 Å². The van der Waals surface area contributed by atoms with E-state index in [4.69, 9.17) is 16.7 Å². The molecular weight excluding hydrogens is 280 g/mol. The van der Waals surface area contributed by atoms with Crippen molar-refractivity contribution >= 4 is 35.3 Å². The number of amides is 1. The van der Waals surface area contributed by atoms with E-state index in [1.54, 1.807) is 19.1 Å². The third kappa shape index (κ3) is 3.24. The maximum atomic E-state index is 11.8. The third-order valence-electron chi connectivity index (χ3n) is 2.88. The summed E-state index contributed by atoms with van der Waals surface area (Å²) < 4.78 is 0. The topological polar surface area (TPSA) is 70.0 Å². The van der Waals surface area contributed by atoms with Gasteiger partial charge in [0.1, 0.15) is 6.54 Å². The zero-order valence-electron chi connectivity index (χ0n) is 10.8. The second-order valence-corrected chi connectivity index (χ2v) is 4.81. The summed E-state index contributed by atoms with van der Waals surface area (Å²) in [5, 5.41) is 14.3. The predicted molar refractivity (Wildman–Crippen MR) is 76.5 cm³/mol. The Bertz CT molecular complexity index is 623. The second-order valence-electron chi connectivity index (χ2n) is 4.40. The molecule has 0 spiro atoms. The van der Waals surface area contributed by atoms with Crippen LogP contribution in [-0.2, 0) is 9.59 Å². The number of carboxylic acid groups (broad SMARTS) is 1. The fourth-order valence-electron chi connectivity index (χ4n) is 1.87. The molecule has 0 saturated carbocycles. The van der Waals surface area contributed by atoms with Crippen molar-refractivity contribution < 1.29 is 14.7 Å². The number of carboxylic acids is 1. The maximum Gasteiger partial charge on any atom is 0.325 e. The van der Waals surface area contributed by atoms with E-state index in [0.717, 1.165) is 16.1 Å². The number of carbonyl (C=O) groups excluding carboxylic acids is 1. The summed E-state index contributed by atoms with van der Waals surface area (Å²) in [6.45, 7) is 1.32. The quantitative estimate of drug-likeness (QED) is 0.930. The molecule has 5 nitrogen and oxygen atoms in total. The Balaban J connectivity index is 2.30. The SMILES string of the molecule is CC1=NN(CC(=O)O)C(=O)C/C1=C\c1ccccc1Cl. The zero-order valence-corrected chi connectivity index (χ0v) is 11.6. The van der Waals surface area contributed by atoms with Crippen LogP contribution in [0.4, 0.5) is 0 Å². The summed E-state index contributed by atoms with van der Waals surface area (Å²) in [4.78, 5) is 22.5. The molecule has 0 unspecified atom stereocenters.